The molecule has 2 aromatic rings. The van der Waals surface area contributed by atoms with Crippen molar-refractivity contribution in [2.45, 2.75) is 38.5 Å². The van der Waals surface area contributed by atoms with Crippen LogP contribution in [0.25, 0.3) is 0 Å². The molecule has 1 N–H and O–H groups in total. The zero-order chi connectivity index (χ0) is 18.4. The van der Waals surface area contributed by atoms with E-state index in [9.17, 15) is 9.59 Å². The minimum Gasteiger partial charge on any atom is -0.445 e. The van der Waals surface area contributed by atoms with Crippen LogP contribution >= 0.6 is 0 Å². The van der Waals surface area contributed by atoms with Crippen molar-refractivity contribution in [3.8, 4) is 0 Å². The van der Waals surface area contributed by atoms with E-state index >= 15 is 0 Å². The number of hydrogen-bond donors (Lipinski definition) is 1. The number of carbonyl (C=O) groups is 2. The smallest absolute Gasteiger partial charge is 0.408 e. The molecule has 5 nitrogen and oxygen atoms in total. The predicted octanol–water partition coefficient (Wildman–Crippen LogP) is 3.67. The molecule has 0 radical (unpaired) electrons. The molecule has 0 spiro atoms. The van der Waals surface area contributed by atoms with E-state index in [0.29, 0.717) is 6.54 Å². The molecule has 26 heavy (non-hydrogen) atoms. The van der Waals surface area contributed by atoms with Gasteiger partial charge in [0.2, 0.25) is 5.91 Å². The lowest BCUT2D eigenvalue weighted by Crippen LogP contribution is -2.46. The molecule has 0 aliphatic carbocycles. The van der Waals surface area contributed by atoms with E-state index < -0.39 is 12.1 Å². The predicted molar refractivity (Wildman–Crippen MR) is 99.4 cm³/mol. The van der Waals surface area contributed by atoms with E-state index in [4.69, 9.17) is 4.74 Å². The average molecular weight is 352 g/mol. The van der Waals surface area contributed by atoms with Gasteiger partial charge in [-0.2, -0.15) is 0 Å². The van der Waals surface area contributed by atoms with Crippen LogP contribution in [-0.2, 0) is 16.1 Å². The van der Waals surface area contributed by atoms with Gasteiger partial charge in [-0.25, -0.2) is 4.79 Å². The molecule has 2 aromatic carbocycles. The Balaban J connectivity index is 1.54. The van der Waals surface area contributed by atoms with Crippen LogP contribution in [0.4, 0.5) is 4.79 Å². The van der Waals surface area contributed by atoms with Crippen LogP contribution in [0.2, 0.25) is 0 Å². The number of likely N-dealkylation sites (tertiary alicyclic amines) is 1. The van der Waals surface area contributed by atoms with Gasteiger partial charge >= 0.3 is 6.09 Å². The first-order valence-corrected chi connectivity index (χ1v) is 8.98. The van der Waals surface area contributed by atoms with Crippen molar-refractivity contribution in [2.24, 2.45) is 0 Å². The van der Waals surface area contributed by atoms with Gasteiger partial charge < -0.3 is 15.0 Å². The van der Waals surface area contributed by atoms with E-state index in [1.165, 1.54) is 0 Å². The van der Waals surface area contributed by atoms with Crippen molar-refractivity contribution >= 4 is 12.0 Å². The summed E-state index contributed by atoms with van der Waals surface area (Å²) in [6.07, 6.45) is 1.34. The molecule has 1 heterocycles. The number of ether oxygens (including phenoxy) is 1. The third kappa shape index (κ3) is 4.42. The fourth-order valence-corrected chi connectivity index (χ4v) is 3.30. The molecular weight excluding hydrogens is 328 g/mol. The Morgan fingerprint density at radius 3 is 2.46 bits per heavy atom. The minimum atomic E-state index is -0.623. The monoisotopic (exact) mass is 352 g/mol. The molecule has 136 valence electrons. The normalized spacial score (nSPS) is 17.6. The van der Waals surface area contributed by atoms with Crippen LogP contribution in [0.15, 0.2) is 60.7 Å². The van der Waals surface area contributed by atoms with E-state index in [0.717, 1.165) is 24.0 Å². The highest BCUT2D eigenvalue weighted by molar-refractivity contribution is 5.85. The lowest BCUT2D eigenvalue weighted by molar-refractivity contribution is -0.133. The maximum absolute atomic E-state index is 12.8. The Hall–Kier alpha value is -2.82. The van der Waals surface area contributed by atoms with Gasteiger partial charge in [-0.15, -0.1) is 0 Å². The first-order valence-electron chi connectivity index (χ1n) is 8.98. The van der Waals surface area contributed by atoms with E-state index in [1.807, 2.05) is 65.6 Å². The number of nitrogens with one attached hydrogen (secondary N) is 1. The van der Waals surface area contributed by atoms with Crippen molar-refractivity contribution in [1.29, 1.82) is 0 Å². The molecule has 5 heteroatoms. The molecule has 1 fully saturated rings. The highest BCUT2D eigenvalue weighted by atomic mass is 16.5. The largest absolute Gasteiger partial charge is 0.445 e. The van der Waals surface area contributed by atoms with Crippen LogP contribution in [-0.4, -0.2) is 29.5 Å². The summed E-state index contributed by atoms with van der Waals surface area (Å²) < 4.78 is 5.20. The second-order valence-corrected chi connectivity index (χ2v) is 6.53. The van der Waals surface area contributed by atoms with Gasteiger partial charge in [0.05, 0.1) is 6.04 Å². The number of alkyl carbamates (subject to hydrolysis) is 1. The van der Waals surface area contributed by atoms with Gasteiger partial charge in [-0.1, -0.05) is 60.7 Å². The van der Waals surface area contributed by atoms with Crippen molar-refractivity contribution < 1.29 is 14.3 Å². The Morgan fingerprint density at radius 2 is 1.77 bits per heavy atom. The minimum absolute atomic E-state index is 0.0759. The second kappa shape index (κ2) is 8.52. The summed E-state index contributed by atoms with van der Waals surface area (Å²) in [5.74, 6) is -0.0759. The molecule has 0 bridgehead atoms. The number of hydrogen-bond acceptors (Lipinski definition) is 3. The highest BCUT2D eigenvalue weighted by Gasteiger charge is 2.32. The quantitative estimate of drug-likeness (QED) is 0.893. The molecule has 2 atom stereocenters. The number of carbonyl (C=O) groups excluding carboxylic acids is 2. The van der Waals surface area contributed by atoms with E-state index in [1.54, 1.807) is 6.92 Å². The number of rotatable bonds is 5. The van der Waals surface area contributed by atoms with Gasteiger partial charge in [-0.3, -0.25) is 4.79 Å². The summed E-state index contributed by atoms with van der Waals surface area (Å²) in [6.45, 7) is 2.60. The molecule has 0 unspecified atom stereocenters. The van der Waals surface area contributed by atoms with Crippen LogP contribution in [0, 0.1) is 0 Å². The van der Waals surface area contributed by atoms with Crippen LogP contribution in [0.5, 0.6) is 0 Å². The summed E-state index contributed by atoms with van der Waals surface area (Å²) in [5, 5.41) is 2.65. The van der Waals surface area contributed by atoms with Crippen molar-refractivity contribution in [2.75, 3.05) is 6.54 Å². The Labute approximate surface area is 154 Å². The number of benzene rings is 2. The summed E-state index contributed by atoms with van der Waals surface area (Å²) in [5.41, 5.74) is 2.04. The van der Waals surface area contributed by atoms with Crippen molar-refractivity contribution in [3.05, 3.63) is 71.8 Å². The van der Waals surface area contributed by atoms with Gasteiger partial charge in [-0.05, 0) is 30.9 Å². The Kier molecular flexibility index (Phi) is 5.89. The van der Waals surface area contributed by atoms with Crippen molar-refractivity contribution in [3.63, 3.8) is 0 Å². The fraction of sp³-hybridized carbons (Fsp3) is 0.333. The first kappa shape index (κ1) is 18.0. The van der Waals surface area contributed by atoms with Crippen LogP contribution < -0.4 is 5.32 Å². The maximum Gasteiger partial charge on any atom is 0.408 e. The van der Waals surface area contributed by atoms with Gasteiger partial charge in [0.1, 0.15) is 12.6 Å². The summed E-state index contributed by atoms with van der Waals surface area (Å²) in [6, 6.07) is 18.9. The lowest BCUT2D eigenvalue weighted by atomic mass is 10.0. The lowest BCUT2D eigenvalue weighted by Gasteiger charge is -2.28. The van der Waals surface area contributed by atoms with E-state index in [-0.39, 0.29) is 18.6 Å². The summed E-state index contributed by atoms with van der Waals surface area (Å²) in [7, 11) is 0. The van der Waals surface area contributed by atoms with Crippen molar-refractivity contribution in [1.82, 2.24) is 10.2 Å². The van der Waals surface area contributed by atoms with Gasteiger partial charge in [0.15, 0.2) is 0 Å². The molecule has 0 saturated carbocycles. The zero-order valence-electron chi connectivity index (χ0n) is 14.9. The third-order valence-corrected chi connectivity index (χ3v) is 4.64. The summed E-state index contributed by atoms with van der Waals surface area (Å²) in [4.78, 5) is 26.6. The van der Waals surface area contributed by atoms with E-state index in [2.05, 4.69) is 5.32 Å². The molecule has 1 aliphatic rings. The Bertz CT molecular complexity index is 733. The fourth-order valence-electron chi connectivity index (χ4n) is 3.30. The standard InChI is InChI=1S/C21H24N2O3/c1-16(22-21(25)26-15-17-9-4-2-5-10-17)20(24)23-14-8-13-19(23)18-11-6-3-7-12-18/h2-7,9-12,16,19H,8,13-15H2,1H3,(H,22,25)/t16-,19+/m1/s1. The molecule has 0 aromatic heterocycles. The summed E-state index contributed by atoms with van der Waals surface area (Å²) >= 11 is 0. The second-order valence-electron chi connectivity index (χ2n) is 6.53. The molecule has 2 amide bonds. The molecule has 1 saturated heterocycles. The van der Waals surface area contributed by atoms with Gasteiger partial charge in [0.25, 0.3) is 0 Å². The zero-order valence-corrected chi connectivity index (χ0v) is 14.9. The van der Waals surface area contributed by atoms with Gasteiger partial charge in [0, 0.05) is 6.54 Å². The average Bonchev–Trinajstić information content (AvgIpc) is 3.17. The van der Waals surface area contributed by atoms with Crippen LogP contribution in [0.3, 0.4) is 0 Å². The maximum atomic E-state index is 12.8. The number of nitrogens with zero attached hydrogens (tertiary/aromatic N) is 1. The number of amides is 2. The SMILES string of the molecule is C[C@@H](NC(=O)OCc1ccccc1)C(=O)N1CCC[C@H]1c1ccccc1. The third-order valence-electron chi connectivity index (χ3n) is 4.64. The highest BCUT2D eigenvalue weighted by Crippen LogP contribution is 2.32. The molecule has 1 aliphatic heterocycles. The topological polar surface area (TPSA) is 58.6 Å². The Morgan fingerprint density at radius 1 is 1.12 bits per heavy atom. The first-order chi connectivity index (χ1) is 12.6. The van der Waals surface area contributed by atoms with Crippen LogP contribution in [0.1, 0.15) is 36.9 Å². The molecular formula is C21H24N2O3. The molecule has 3 rings (SSSR count).